The van der Waals surface area contributed by atoms with Crippen molar-refractivity contribution in [3.8, 4) is 0 Å². The number of piperidine rings is 1. The molecule has 1 atom stereocenters. The number of hydrogen-bond donors (Lipinski definition) is 1. The van der Waals surface area contributed by atoms with Crippen LogP contribution < -0.4 is 5.32 Å². The molecule has 0 bridgehead atoms. The Labute approximate surface area is 185 Å². The van der Waals surface area contributed by atoms with Gasteiger partial charge < -0.3 is 5.32 Å². The summed E-state index contributed by atoms with van der Waals surface area (Å²) in [6.07, 6.45) is 2.73. The van der Waals surface area contributed by atoms with E-state index < -0.39 is 26.6 Å². The Hall–Kier alpha value is -2.03. The average molecular weight is 469 g/mol. The number of nitrogens with one attached hydrogen (secondary N) is 1. The topological polar surface area (TPSA) is 66.5 Å². The van der Waals surface area contributed by atoms with Crippen molar-refractivity contribution in [3.63, 3.8) is 0 Å². The second-order valence-electron chi connectivity index (χ2n) is 8.13. The largest absolute Gasteiger partial charge is 0.349 e. The lowest BCUT2D eigenvalue weighted by molar-refractivity contribution is -0.127. The Morgan fingerprint density at radius 3 is 2.29 bits per heavy atom. The van der Waals surface area contributed by atoms with Gasteiger partial charge in [0, 0.05) is 24.0 Å². The molecule has 2 fully saturated rings. The average Bonchev–Trinajstić information content (AvgIpc) is 3.59. The number of hydrogen-bond acceptors (Lipinski definition) is 3. The molecule has 166 valence electrons. The van der Waals surface area contributed by atoms with E-state index in [1.807, 2.05) is 12.1 Å². The molecule has 1 aliphatic carbocycles. The molecule has 1 saturated heterocycles. The summed E-state index contributed by atoms with van der Waals surface area (Å²) in [4.78, 5) is 12.2. The minimum absolute atomic E-state index is 0.0748. The van der Waals surface area contributed by atoms with Crippen LogP contribution in [0.1, 0.15) is 37.3 Å². The molecule has 4 rings (SSSR count). The molecule has 1 heterocycles. The number of benzene rings is 2. The van der Waals surface area contributed by atoms with Crippen molar-refractivity contribution in [2.45, 2.75) is 36.6 Å². The molecule has 0 spiro atoms. The van der Waals surface area contributed by atoms with Gasteiger partial charge in [-0.3, -0.25) is 4.79 Å². The molecule has 1 aliphatic heterocycles. The zero-order valence-corrected chi connectivity index (χ0v) is 18.3. The van der Waals surface area contributed by atoms with E-state index >= 15 is 0 Å². The summed E-state index contributed by atoms with van der Waals surface area (Å²) in [6, 6.07) is 9.70. The van der Waals surface area contributed by atoms with Gasteiger partial charge in [0.25, 0.3) is 0 Å². The van der Waals surface area contributed by atoms with E-state index in [9.17, 15) is 22.0 Å². The summed E-state index contributed by atoms with van der Waals surface area (Å²) in [6.45, 7) is 0.150. The molecule has 9 heteroatoms. The fourth-order valence-electron chi connectivity index (χ4n) is 4.02. The van der Waals surface area contributed by atoms with Gasteiger partial charge in [0.05, 0.1) is 6.04 Å². The molecule has 31 heavy (non-hydrogen) atoms. The normalized spacial score (nSPS) is 19.2. The third kappa shape index (κ3) is 4.91. The van der Waals surface area contributed by atoms with Crippen LogP contribution in [0, 0.1) is 23.5 Å². The van der Waals surface area contributed by atoms with Gasteiger partial charge in [-0.25, -0.2) is 17.2 Å². The van der Waals surface area contributed by atoms with Crippen molar-refractivity contribution in [1.82, 2.24) is 9.62 Å². The standard InChI is InChI=1S/C22H23ClF2N2O3S/c23-17-5-3-15(4-6-17)21(14-1-2-14)26-22(28)16-9-11-27(12-10-16)31(29,30)20-13-18(24)7-8-19(20)25/h3-8,13-14,16,21H,1-2,9-12H2,(H,26,28). The number of nitrogens with zero attached hydrogens (tertiary/aromatic N) is 1. The van der Waals surface area contributed by atoms with Crippen molar-refractivity contribution in [2.24, 2.45) is 11.8 Å². The molecule has 2 aliphatic rings. The zero-order chi connectivity index (χ0) is 22.2. The SMILES string of the molecule is O=C(NC(c1ccc(Cl)cc1)C1CC1)C1CCN(S(=O)(=O)c2cc(F)ccc2F)CC1. The first-order valence-corrected chi connectivity index (χ1v) is 12.1. The first-order chi connectivity index (χ1) is 14.8. The second-order valence-corrected chi connectivity index (χ2v) is 10.5. The van der Waals surface area contributed by atoms with E-state index in [4.69, 9.17) is 11.6 Å². The highest BCUT2D eigenvalue weighted by Crippen LogP contribution is 2.41. The maximum absolute atomic E-state index is 14.0. The van der Waals surface area contributed by atoms with Gasteiger partial charge in [0.15, 0.2) is 0 Å². The number of carbonyl (C=O) groups is 1. The Bertz CT molecular complexity index is 1070. The van der Waals surface area contributed by atoms with Crippen molar-refractivity contribution < 1.29 is 22.0 Å². The fraction of sp³-hybridized carbons (Fsp3) is 0.409. The predicted molar refractivity (Wildman–Crippen MR) is 113 cm³/mol. The zero-order valence-electron chi connectivity index (χ0n) is 16.7. The van der Waals surface area contributed by atoms with E-state index in [0.29, 0.717) is 29.8 Å². The first-order valence-electron chi connectivity index (χ1n) is 10.3. The van der Waals surface area contributed by atoms with Gasteiger partial charge in [-0.1, -0.05) is 23.7 Å². The van der Waals surface area contributed by atoms with Gasteiger partial charge in [-0.15, -0.1) is 0 Å². The summed E-state index contributed by atoms with van der Waals surface area (Å²) in [7, 11) is -4.16. The van der Waals surface area contributed by atoms with Gasteiger partial charge in [-0.2, -0.15) is 4.31 Å². The molecule has 1 amide bonds. The van der Waals surface area contributed by atoms with Crippen LogP contribution >= 0.6 is 11.6 Å². The Morgan fingerprint density at radius 2 is 1.68 bits per heavy atom. The lowest BCUT2D eigenvalue weighted by Gasteiger charge is -2.31. The molecule has 2 aromatic rings. The molecular formula is C22H23ClF2N2O3S. The van der Waals surface area contributed by atoms with Crippen LogP contribution in [0.5, 0.6) is 0 Å². The monoisotopic (exact) mass is 468 g/mol. The summed E-state index contributed by atoms with van der Waals surface area (Å²) >= 11 is 5.97. The minimum atomic E-state index is -4.16. The van der Waals surface area contributed by atoms with Crippen molar-refractivity contribution in [3.05, 3.63) is 64.7 Å². The lowest BCUT2D eigenvalue weighted by Crippen LogP contribution is -2.44. The van der Waals surface area contributed by atoms with Gasteiger partial charge >= 0.3 is 0 Å². The summed E-state index contributed by atoms with van der Waals surface area (Å²) in [5.41, 5.74) is 1.00. The molecule has 0 aromatic heterocycles. The van der Waals surface area contributed by atoms with Gasteiger partial charge in [0.1, 0.15) is 16.5 Å². The van der Waals surface area contributed by atoms with Crippen LogP contribution in [0.25, 0.3) is 0 Å². The molecular weight excluding hydrogens is 446 g/mol. The van der Waals surface area contributed by atoms with Crippen LogP contribution in [0.2, 0.25) is 5.02 Å². The molecule has 5 nitrogen and oxygen atoms in total. The van der Waals surface area contributed by atoms with E-state index in [1.165, 1.54) is 0 Å². The number of amides is 1. The Balaban J connectivity index is 1.40. The van der Waals surface area contributed by atoms with Crippen LogP contribution in [0.15, 0.2) is 47.4 Å². The van der Waals surface area contributed by atoms with E-state index in [0.717, 1.165) is 34.8 Å². The maximum atomic E-state index is 14.0. The van der Waals surface area contributed by atoms with Crippen molar-refractivity contribution >= 4 is 27.5 Å². The van der Waals surface area contributed by atoms with Crippen molar-refractivity contribution in [2.75, 3.05) is 13.1 Å². The highest BCUT2D eigenvalue weighted by atomic mass is 35.5. The molecule has 0 radical (unpaired) electrons. The lowest BCUT2D eigenvalue weighted by atomic mass is 9.95. The van der Waals surface area contributed by atoms with Crippen molar-refractivity contribution in [1.29, 1.82) is 0 Å². The highest BCUT2D eigenvalue weighted by molar-refractivity contribution is 7.89. The number of halogens is 3. The fourth-order valence-corrected chi connectivity index (χ4v) is 5.69. The van der Waals surface area contributed by atoms with Crippen LogP contribution in [0.4, 0.5) is 8.78 Å². The third-order valence-electron chi connectivity index (χ3n) is 5.96. The molecule has 1 saturated carbocycles. The minimum Gasteiger partial charge on any atom is -0.349 e. The van der Waals surface area contributed by atoms with Crippen LogP contribution in [-0.4, -0.2) is 31.7 Å². The van der Waals surface area contributed by atoms with Gasteiger partial charge in [0.2, 0.25) is 15.9 Å². The number of sulfonamides is 1. The second kappa shape index (κ2) is 8.84. The first kappa shape index (κ1) is 22.2. The summed E-state index contributed by atoms with van der Waals surface area (Å²) in [5.74, 6) is -1.86. The van der Waals surface area contributed by atoms with Gasteiger partial charge in [-0.05, 0) is 67.5 Å². The van der Waals surface area contributed by atoms with Crippen LogP contribution in [-0.2, 0) is 14.8 Å². The smallest absolute Gasteiger partial charge is 0.246 e. The maximum Gasteiger partial charge on any atom is 0.246 e. The summed E-state index contributed by atoms with van der Waals surface area (Å²) < 4.78 is 54.0. The summed E-state index contributed by atoms with van der Waals surface area (Å²) in [5, 5.41) is 3.76. The molecule has 1 N–H and O–H groups in total. The molecule has 2 aromatic carbocycles. The van der Waals surface area contributed by atoms with Crippen LogP contribution in [0.3, 0.4) is 0 Å². The predicted octanol–water partition coefficient (Wildman–Crippen LogP) is 4.29. The quantitative estimate of drug-likeness (QED) is 0.687. The van der Waals surface area contributed by atoms with E-state index in [-0.39, 0.29) is 31.0 Å². The number of carbonyl (C=O) groups excluding carboxylic acids is 1. The highest BCUT2D eigenvalue weighted by Gasteiger charge is 2.37. The number of rotatable bonds is 6. The molecule has 1 unspecified atom stereocenters. The van der Waals surface area contributed by atoms with E-state index in [1.54, 1.807) is 12.1 Å². The van der Waals surface area contributed by atoms with E-state index in [2.05, 4.69) is 5.32 Å². The Morgan fingerprint density at radius 1 is 1.03 bits per heavy atom. The third-order valence-corrected chi connectivity index (χ3v) is 8.12. The Kier molecular flexibility index (Phi) is 6.32.